The fraction of sp³-hybridized carbons (Fsp3) is 0.200. The summed E-state index contributed by atoms with van der Waals surface area (Å²) in [4.78, 5) is 29.5. The minimum Gasteiger partial charge on any atom is -0.324 e. The Labute approximate surface area is 210 Å². The van der Waals surface area contributed by atoms with Gasteiger partial charge in [0.15, 0.2) is 5.65 Å². The van der Waals surface area contributed by atoms with Crippen LogP contribution in [0, 0.1) is 0 Å². The summed E-state index contributed by atoms with van der Waals surface area (Å²) in [7, 11) is 0. The molecular weight excluding hydrogens is 446 g/mol. The van der Waals surface area contributed by atoms with Crippen molar-refractivity contribution in [3.8, 4) is 11.3 Å². The Kier molecular flexibility index (Phi) is 5.37. The Morgan fingerprint density at radius 1 is 0.861 bits per heavy atom. The first-order valence-electron chi connectivity index (χ1n) is 12.3. The zero-order valence-electron chi connectivity index (χ0n) is 20.4. The summed E-state index contributed by atoms with van der Waals surface area (Å²) in [6.45, 7) is 5.58. The third-order valence-electron chi connectivity index (χ3n) is 7.26. The molecule has 1 aliphatic heterocycles. The van der Waals surface area contributed by atoms with Gasteiger partial charge in [-0.2, -0.15) is 0 Å². The molecule has 36 heavy (non-hydrogen) atoms. The molecule has 0 aliphatic carbocycles. The number of amides is 1. The van der Waals surface area contributed by atoms with Crippen LogP contribution in [0.3, 0.4) is 0 Å². The van der Waals surface area contributed by atoms with Crippen LogP contribution in [0.15, 0.2) is 91.5 Å². The van der Waals surface area contributed by atoms with Gasteiger partial charge in [-0.05, 0) is 49.1 Å². The van der Waals surface area contributed by atoms with E-state index in [1.807, 2.05) is 45.9 Å². The van der Waals surface area contributed by atoms with Crippen LogP contribution in [-0.2, 0) is 25.0 Å². The van der Waals surface area contributed by atoms with Crippen LogP contribution in [0.2, 0.25) is 0 Å². The van der Waals surface area contributed by atoms with Crippen LogP contribution in [0.1, 0.15) is 40.9 Å². The van der Waals surface area contributed by atoms with Crippen LogP contribution in [0.4, 0.5) is 0 Å². The second-order valence-electron chi connectivity index (χ2n) is 9.50. The molecule has 6 heteroatoms. The fourth-order valence-electron chi connectivity index (χ4n) is 5.36. The Balaban J connectivity index is 1.49. The predicted molar refractivity (Wildman–Crippen MR) is 140 cm³/mol. The molecule has 1 atom stereocenters. The summed E-state index contributed by atoms with van der Waals surface area (Å²) in [6.07, 6.45) is 4.11. The third-order valence-corrected chi connectivity index (χ3v) is 7.26. The van der Waals surface area contributed by atoms with Crippen molar-refractivity contribution in [3.05, 3.63) is 114 Å². The molecule has 1 aliphatic rings. The molecule has 0 saturated heterocycles. The van der Waals surface area contributed by atoms with Crippen LogP contribution < -0.4 is 0 Å². The molecule has 0 N–H and O–H groups in total. The van der Waals surface area contributed by atoms with Gasteiger partial charge in [-0.3, -0.25) is 4.79 Å². The van der Waals surface area contributed by atoms with E-state index in [1.54, 1.807) is 12.7 Å². The molecule has 5 aromatic rings. The van der Waals surface area contributed by atoms with Gasteiger partial charge in [0.25, 0.3) is 5.91 Å². The van der Waals surface area contributed by atoms with Crippen molar-refractivity contribution in [2.45, 2.75) is 38.9 Å². The van der Waals surface area contributed by atoms with Gasteiger partial charge in [0.1, 0.15) is 17.5 Å². The largest absolute Gasteiger partial charge is 0.324 e. The molecule has 3 aromatic carbocycles. The molecule has 1 amide bonds. The SMILES string of the molecule is CCn1cnc2c(-c3ccc4c(c3)[C@@](C)(Cc3ccccc3)N(Cc3ccccc3)C4=O)ncnc21. The van der Waals surface area contributed by atoms with Gasteiger partial charge in [-0.15, -0.1) is 0 Å². The van der Waals surface area contributed by atoms with E-state index < -0.39 is 5.54 Å². The van der Waals surface area contributed by atoms with E-state index in [-0.39, 0.29) is 5.91 Å². The number of rotatable bonds is 6. The van der Waals surface area contributed by atoms with Gasteiger partial charge in [0, 0.05) is 24.2 Å². The number of carbonyl (C=O) groups excluding carboxylic acids is 1. The molecule has 0 saturated carbocycles. The number of carbonyl (C=O) groups is 1. The van der Waals surface area contributed by atoms with Crippen LogP contribution in [0.25, 0.3) is 22.4 Å². The van der Waals surface area contributed by atoms with Crippen molar-refractivity contribution in [1.82, 2.24) is 24.4 Å². The molecular formula is C30H27N5O. The summed E-state index contributed by atoms with van der Waals surface area (Å²) >= 11 is 0. The van der Waals surface area contributed by atoms with Gasteiger partial charge < -0.3 is 9.47 Å². The number of aryl methyl sites for hydroxylation is 1. The van der Waals surface area contributed by atoms with Gasteiger partial charge >= 0.3 is 0 Å². The maximum atomic E-state index is 13.8. The summed E-state index contributed by atoms with van der Waals surface area (Å²) in [5, 5.41) is 0. The maximum absolute atomic E-state index is 13.8. The van der Waals surface area contributed by atoms with Gasteiger partial charge in [-0.25, -0.2) is 15.0 Å². The number of nitrogens with zero attached hydrogens (tertiary/aromatic N) is 5. The van der Waals surface area contributed by atoms with Crippen molar-refractivity contribution in [2.75, 3.05) is 0 Å². The number of hydrogen-bond donors (Lipinski definition) is 0. The minimum atomic E-state index is -0.519. The summed E-state index contributed by atoms with van der Waals surface area (Å²) in [6, 6.07) is 26.6. The van der Waals surface area contributed by atoms with Crippen molar-refractivity contribution >= 4 is 17.1 Å². The molecule has 0 radical (unpaired) electrons. The predicted octanol–water partition coefficient (Wildman–Crippen LogP) is 5.63. The van der Waals surface area contributed by atoms with E-state index in [0.29, 0.717) is 13.0 Å². The Bertz CT molecular complexity index is 1560. The van der Waals surface area contributed by atoms with E-state index >= 15 is 0 Å². The van der Waals surface area contributed by atoms with Crippen LogP contribution >= 0.6 is 0 Å². The smallest absolute Gasteiger partial charge is 0.255 e. The summed E-state index contributed by atoms with van der Waals surface area (Å²) in [5.41, 5.74) is 6.86. The second-order valence-corrected chi connectivity index (χ2v) is 9.50. The average Bonchev–Trinajstić information content (AvgIpc) is 3.43. The lowest BCUT2D eigenvalue weighted by molar-refractivity contribution is 0.0557. The molecule has 0 bridgehead atoms. The number of fused-ring (bicyclic) bond motifs is 2. The monoisotopic (exact) mass is 473 g/mol. The first-order chi connectivity index (χ1) is 17.6. The van der Waals surface area contributed by atoms with Crippen LogP contribution in [-0.4, -0.2) is 30.3 Å². The molecule has 0 unspecified atom stereocenters. The Morgan fingerprint density at radius 3 is 2.31 bits per heavy atom. The molecule has 2 aromatic heterocycles. The van der Waals surface area contributed by atoms with Crippen molar-refractivity contribution in [3.63, 3.8) is 0 Å². The standard InChI is InChI=1S/C30H27N5O/c1-3-34-20-33-27-26(31-19-32-28(27)34)23-14-15-24-25(16-23)30(2,17-21-10-6-4-7-11-21)35(29(24)36)18-22-12-8-5-9-13-22/h4-16,19-20H,3,17-18H2,1-2H3/t30-/m1/s1. The Morgan fingerprint density at radius 2 is 1.58 bits per heavy atom. The summed E-state index contributed by atoms with van der Waals surface area (Å²) < 4.78 is 2.01. The highest BCUT2D eigenvalue weighted by molar-refractivity contribution is 6.01. The lowest BCUT2D eigenvalue weighted by atomic mass is 9.84. The van der Waals surface area contributed by atoms with E-state index in [1.165, 1.54) is 5.56 Å². The average molecular weight is 474 g/mol. The molecule has 0 fully saturated rings. The van der Waals surface area contributed by atoms with E-state index in [4.69, 9.17) is 0 Å². The zero-order chi connectivity index (χ0) is 24.7. The lowest BCUT2D eigenvalue weighted by Gasteiger charge is -2.36. The Hall–Kier alpha value is -4.32. The lowest BCUT2D eigenvalue weighted by Crippen LogP contribution is -2.42. The highest BCUT2D eigenvalue weighted by Crippen LogP contribution is 2.44. The zero-order valence-corrected chi connectivity index (χ0v) is 20.4. The third kappa shape index (κ3) is 3.57. The van der Waals surface area contributed by atoms with Crippen molar-refractivity contribution in [1.29, 1.82) is 0 Å². The fourth-order valence-corrected chi connectivity index (χ4v) is 5.36. The topological polar surface area (TPSA) is 63.9 Å². The van der Waals surface area contributed by atoms with E-state index in [9.17, 15) is 4.79 Å². The molecule has 6 nitrogen and oxygen atoms in total. The first kappa shape index (κ1) is 22.2. The maximum Gasteiger partial charge on any atom is 0.255 e. The number of aromatic nitrogens is 4. The first-order valence-corrected chi connectivity index (χ1v) is 12.3. The van der Waals surface area contributed by atoms with Gasteiger partial charge in [0.2, 0.25) is 0 Å². The van der Waals surface area contributed by atoms with Gasteiger partial charge in [-0.1, -0.05) is 66.7 Å². The summed E-state index contributed by atoms with van der Waals surface area (Å²) in [5.74, 6) is 0.0573. The van der Waals surface area contributed by atoms with Crippen LogP contribution in [0.5, 0.6) is 0 Å². The molecule has 3 heterocycles. The van der Waals surface area contributed by atoms with Crippen molar-refractivity contribution in [2.24, 2.45) is 0 Å². The highest BCUT2D eigenvalue weighted by atomic mass is 16.2. The highest BCUT2D eigenvalue weighted by Gasteiger charge is 2.46. The number of hydrogen-bond acceptors (Lipinski definition) is 4. The number of benzene rings is 3. The molecule has 0 spiro atoms. The molecule has 6 rings (SSSR count). The normalized spacial score (nSPS) is 17.1. The minimum absolute atomic E-state index is 0.0573. The van der Waals surface area contributed by atoms with E-state index in [2.05, 4.69) is 71.3 Å². The number of imidazole rings is 1. The van der Waals surface area contributed by atoms with E-state index in [0.717, 1.165) is 45.7 Å². The second kappa shape index (κ2) is 8.72. The van der Waals surface area contributed by atoms with Crippen molar-refractivity contribution < 1.29 is 4.79 Å². The van der Waals surface area contributed by atoms with Gasteiger partial charge in [0.05, 0.1) is 11.9 Å². The molecule has 178 valence electrons. The quantitative estimate of drug-likeness (QED) is 0.321.